The highest BCUT2D eigenvalue weighted by Crippen LogP contribution is 2.40. The maximum atomic E-state index is 12.7. The summed E-state index contributed by atoms with van der Waals surface area (Å²) in [7, 11) is 0. The van der Waals surface area contributed by atoms with Gasteiger partial charge in [0.25, 0.3) is 0 Å². The van der Waals surface area contributed by atoms with Crippen LogP contribution in [0.4, 0.5) is 26.3 Å². The molecule has 0 bridgehead atoms. The first-order chi connectivity index (χ1) is 10.7. The van der Waals surface area contributed by atoms with Crippen molar-refractivity contribution >= 4 is 0 Å². The van der Waals surface area contributed by atoms with Crippen molar-refractivity contribution in [1.82, 2.24) is 0 Å². The summed E-state index contributed by atoms with van der Waals surface area (Å²) in [5.74, 6) is -0.105. The van der Waals surface area contributed by atoms with Crippen LogP contribution in [0.15, 0.2) is 35.5 Å². The molecule has 144 valence electrons. The molecule has 0 rings (SSSR count). The Balaban J connectivity index is -0.000000636. The molecule has 0 saturated carbocycles. The third-order valence-corrected chi connectivity index (χ3v) is 2.17. The molecule has 0 aliphatic rings. The molecule has 0 spiro atoms. The highest BCUT2D eigenvalue weighted by molar-refractivity contribution is 5.44. The minimum Gasteiger partial charge on any atom is -0.166 e. The van der Waals surface area contributed by atoms with E-state index in [0.29, 0.717) is 6.08 Å². The fraction of sp³-hybridized carbons (Fsp3) is 0.667. The summed E-state index contributed by atoms with van der Waals surface area (Å²) in [5.41, 5.74) is -3.58. The van der Waals surface area contributed by atoms with Gasteiger partial charge in [-0.25, -0.2) is 0 Å². The summed E-state index contributed by atoms with van der Waals surface area (Å²) in [6.07, 6.45) is -8.04. The molecule has 0 amide bonds. The topological polar surface area (TPSA) is 0 Å². The third kappa shape index (κ3) is 12.3. The molecule has 0 aromatic carbocycles. The maximum absolute atomic E-state index is 12.7. The van der Waals surface area contributed by atoms with Crippen molar-refractivity contribution in [2.45, 2.75) is 67.7 Å². The molecular formula is C18H30F6. The van der Waals surface area contributed by atoms with Crippen LogP contribution in [0.3, 0.4) is 0 Å². The van der Waals surface area contributed by atoms with E-state index < -0.39 is 35.0 Å². The molecule has 0 atom stereocenters. The molecule has 0 N–H and O–H groups in total. The van der Waals surface area contributed by atoms with E-state index in [1.165, 1.54) is 20.8 Å². The SMILES string of the molecule is C=C(/C(=C(\C=C/C)C(F)(F)F)C(C)C)C(F)(F)F.CC.CC(C)C. The average Bonchev–Trinajstić information content (AvgIpc) is 2.37. The van der Waals surface area contributed by atoms with Crippen molar-refractivity contribution in [2.24, 2.45) is 11.8 Å². The molecule has 0 aromatic rings. The van der Waals surface area contributed by atoms with Gasteiger partial charge in [0, 0.05) is 0 Å². The number of hydrogen-bond donors (Lipinski definition) is 0. The zero-order valence-corrected chi connectivity index (χ0v) is 15.8. The summed E-state index contributed by atoms with van der Waals surface area (Å²) < 4.78 is 75.8. The van der Waals surface area contributed by atoms with E-state index in [1.807, 2.05) is 13.8 Å². The van der Waals surface area contributed by atoms with Gasteiger partial charge in [0.05, 0.1) is 11.1 Å². The lowest BCUT2D eigenvalue weighted by Gasteiger charge is -2.22. The Hall–Kier alpha value is -1.20. The minimum absolute atomic E-state index is 0.631. The van der Waals surface area contributed by atoms with E-state index in [2.05, 4.69) is 27.4 Å². The Morgan fingerprint density at radius 1 is 0.833 bits per heavy atom. The molecule has 0 radical (unpaired) electrons. The van der Waals surface area contributed by atoms with Crippen molar-refractivity contribution in [3.63, 3.8) is 0 Å². The lowest BCUT2D eigenvalue weighted by atomic mass is 9.90. The standard InChI is InChI=1S/C12H14F6.C4H10.C2H6/c1-5-6-9(12(16,17)18)10(7(2)3)8(4)11(13,14)15;1-4(2)3;1-2/h5-7H,4H2,1-3H3;4H,1-3H3;1-2H3/b6-5-,10-9+;;. The van der Waals surface area contributed by atoms with Crippen LogP contribution in [0, 0.1) is 11.8 Å². The highest BCUT2D eigenvalue weighted by atomic mass is 19.4. The van der Waals surface area contributed by atoms with Crippen molar-refractivity contribution < 1.29 is 26.3 Å². The van der Waals surface area contributed by atoms with Gasteiger partial charge in [0.15, 0.2) is 0 Å². The third-order valence-electron chi connectivity index (χ3n) is 2.17. The van der Waals surface area contributed by atoms with Gasteiger partial charge in [0.1, 0.15) is 0 Å². The monoisotopic (exact) mass is 360 g/mol. The van der Waals surface area contributed by atoms with Crippen LogP contribution in [-0.2, 0) is 0 Å². The summed E-state index contributed by atoms with van der Waals surface area (Å²) in [5, 5.41) is 0. The summed E-state index contributed by atoms with van der Waals surface area (Å²) in [6, 6.07) is 0. The van der Waals surface area contributed by atoms with E-state index >= 15 is 0 Å². The number of hydrogen-bond acceptors (Lipinski definition) is 0. The molecule has 0 unspecified atom stereocenters. The summed E-state index contributed by atoms with van der Waals surface area (Å²) in [6.45, 7) is 17.1. The Kier molecular flexibility index (Phi) is 14.1. The van der Waals surface area contributed by atoms with Gasteiger partial charge >= 0.3 is 12.4 Å². The van der Waals surface area contributed by atoms with Gasteiger partial charge in [-0.05, 0) is 24.3 Å². The van der Waals surface area contributed by atoms with Crippen LogP contribution in [0.25, 0.3) is 0 Å². The quantitative estimate of drug-likeness (QED) is 0.355. The Labute approximate surface area is 142 Å². The largest absolute Gasteiger partial charge is 0.416 e. The van der Waals surface area contributed by atoms with Crippen molar-refractivity contribution in [3.05, 3.63) is 35.5 Å². The second-order valence-corrected chi connectivity index (χ2v) is 5.69. The molecular weight excluding hydrogens is 330 g/mol. The first-order valence-electron chi connectivity index (χ1n) is 7.86. The van der Waals surface area contributed by atoms with E-state index in [0.717, 1.165) is 12.0 Å². The molecule has 0 saturated heterocycles. The van der Waals surface area contributed by atoms with Crippen molar-refractivity contribution in [3.8, 4) is 0 Å². The smallest absolute Gasteiger partial charge is 0.166 e. The second kappa shape index (κ2) is 12.2. The molecule has 0 aliphatic heterocycles. The van der Waals surface area contributed by atoms with Crippen LogP contribution in [0.2, 0.25) is 0 Å². The fourth-order valence-electron chi connectivity index (χ4n) is 1.48. The number of halogens is 6. The molecule has 24 heavy (non-hydrogen) atoms. The lowest BCUT2D eigenvalue weighted by molar-refractivity contribution is -0.0958. The predicted octanol–water partition coefficient (Wildman–Crippen LogP) is 7.88. The maximum Gasteiger partial charge on any atom is 0.416 e. The molecule has 0 aliphatic carbocycles. The Bertz CT molecular complexity index is 403. The van der Waals surface area contributed by atoms with Gasteiger partial charge in [-0.3, -0.25) is 0 Å². The Morgan fingerprint density at radius 2 is 1.17 bits per heavy atom. The van der Waals surface area contributed by atoms with Crippen LogP contribution in [-0.4, -0.2) is 12.4 Å². The van der Waals surface area contributed by atoms with Crippen LogP contribution in [0.1, 0.15) is 55.4 Å². The Morgan fingerprint density at radius 3 is 1.33 bits per heavy atom. The van der Waals surface area contributed by atoms with Gasteiger partial charge in [0.2, 0.25) is 0 Å². The van der Waals surface area contributed by atoms with Gasteiger partial charge in [-0.1, -0.05) is 67.2 Å². The predicted molar refractivity (Wildman–Crippen MR) is 89.8 cm³/mol. The van der Waals surface area contributed by atoms with Gasteiger partial charge < -0.3 is 0 Å². The average molecular weight is 360 g/mol. The summed E-state index contributed by atoms with van der Waals surface area (Å²) in [4.78, 5) is 0. The van der Waals surface area contributed by atoms with E-state index in [-0.39, 0.29) is 0 Å². The lowest BCUT2D eigenvalue weighted by Crippen LogP contribution is -2.22. The molecule has 0 fully saturated rings. The van der Waals surface area contributed by atoms with Gasteiger partial charge in [-0.15, -0.1) is 0 Å². The first-order valence-corrected chi connectivity index (χ1v) is 7.86. The van der Waals surface area contributed by atoms with E-state index in [9.17, 15) is 26.3 Å². The first kappa shape index (κ1) is 27.6. The van der Waals surface area contributed by atoms with E-state index in [1.54, 1.807) is 0 Å². The normalized spacial score (nSPS) is 13.2. The van der Waals surface area contributed by atoms with Crippen molar-refractivity contribution in [2.75, 3.05) is 0 Å². The van der Waals surface area contributed by atoms with Gasteiger partial charge in [-0.2, -0.15) is 26.3 Å². The van der Waals surface area contributed by atoms with Crippen LogP contribution in [0.5, 0.6) is 0 Å². The number of alkyl halides is 6. The molecule has 0 nitrogen and oxygen atoms in total. The molecule has 6 heteroatoms. The fourth-order valence-corrected chi connectivity index (χ4v) is 1.48. The zero-order valence-electron chi connectivity index (χ0n) is 15.8. The molecule has 0 heterocycles. The molecule has 0 aromatic heterocycles. The van der Waals surface area contributed by atoms with Crippen molar-refractivity contribution in [1.29, 1.82) is 0 Å². The number of rotatable bonds is 3. The van der Waals surface area contributed by atoms with Crippen LogP contribution >= 0.6 is 0 Å². The summed E-state index contributed by atoms with van der Waals surface area (Å²) >= 11 is 0. The number of allylic oxidation sites excluding steroid dienone is 5. The highest BCUT2D eigenvalue weighted by Gasteiger charge is 2.41. The zero-order chi connectivity index (χ0) is 20.3. The minimum atomic E-state index is -4.88. The second-order valence-electron chi connectivity index (χ2n) is 5.69. The van der Waals surface area contributed by atoms with E-state index in [4.69, 9.17) is 0 Å². The van der Waals surface area contributed by atoms with Crippen LogP contribution < -0.4 is 0 Å².